The molecule has 0 radical (unpaired) electrons. The Kier molecular flexibility index (Phi) is 4.90. The van der Waals surface area contributed by atoms with Gasteiger partial charge < -0.3 is 15.2 Å². The van der Waals surface area contributed by atoms with Gasteiger partial charge in [0.1, 0.15) is 0 Å². The zero-order valence-corrected chi connectivity index (χ0v) is 8.66. The number of nitrogens with one attached hydrogen (secondary N) is 1. The zero-order valence-electron chi connectivity index (χ0n) is 8.66. The number of rotatable bonds is 6. The van der Waals surface area contributed by atoms with E-state index in [1.54, 1.807) is 7.11 Å². The lowest BCUT2D eigenvalue weighted by Crippen LogP contribution is -2.28. The molecule has 1 saturated carbocycles. The van der Waals surface area contributed by atoms with Crippen LogP contribution in [0.1, 0.15) is 32.1 Å². The Morgan fingerprint density at radius 3 is 2.93 bits per heavy atom. The summed E-state index contributed by atoms with van der Waals surface area (Å²) in [5, 5.41) is 11.8. The van der Waals surface area contributed by atoms with Gasteiger partial charge in [0, 0.05) is 19.6 Å². The summed E-state index contributed by atoms with van der Waals surface area (Å²) in [4.78, 5) is 10.2. The van der Waals surface area contributed by atoms with Gasteiger partial charge in [-0.25, -0.2) is 0 Å². The van der Waals surface area contributed by atoms with Crippen molar-refractivity contribution in [1.82, 2.24) is 5.32 Å². The lowest BCUT2D eigenvalue weighted by atomic mass is 10.2. The lowest BCUT2D eigenvalue weighted by molar-refractivity contribution is -0.137. The molecule has 0 saturated heterocycles. The maximum atomic E-state index is 10.2. The highest BCUT2D eigenvalue weighted by Crippen LogP contribution is 2.21. The van der Waals surface area contributed by atoms with Crippen LogP contribution in [0.4, 0.5) is 0 Å². The van der Waals surface area contributed by atoms with Crippen molar-refractivity contribution < 1.29 is 14.6 Å². The molecule has 2 unspecified atom stereocenters. The lowest BCUT2D eigenvalue weighted by Gasteiger charge is -2.11. The van der Waals surface area contributed by atoms with Crippen LogP contribution in [-0.4, -0.2) is 36.9 Å². The molecule has 0 spiro atoms. The Labute approximate surface area is 84.6 Å². The van der Waals surface area contributed by atoms with Crippen LogP contribution in [0.3, 0.4) is 0 Å². The van der Waals surface area contributed by atoms with Gasteiger partial charge in [0.2, 0.25) is 0 Å². The number of carboxylic acids is 1. The van der Waals surface area contributed by atoms with E-state index in [1.165, 1.54) is 0 Å². The van der Waals surface area contributed by atoms with E-state index in [4.69, 9.17) is 9.84 Å². The zero-order chi connectivity index (χ0) is 10.4. The summed E-state index contributed by atoms with van der Waals surface area (Å²) < 4.78 is 5.25. The summed E-state index contributed by atoms with van der Waals surface area (Å²) in [5.74, 6) is -0.715. The fourth-order valence-electron chi connectivity index (χ4n) is 1.89. The van der Waals surface area contributed by atoms with E-state index < -0.39 is 5.97 Å². The van der Waals surface area contributed by atoms with Crippen LogP contribution >= 0.6 is 0 Å². The molecule has 2 N–H and O–H groups in total. The highest BCUT2D eigenvalue weighted by atomic mass is 16.5. The molecule has 1 aliphatic rings. The number of aliphatic carboxylic acids is 1. The van der Waals surface area contributed by atoms with E-state index in [9.17, 15) is 4.79 Å². The van der Waals surface area contributed by atoms with Gasteiger partial charge in [-0.15, -0.1) is 0 Å². The quantitative estimate of drug-likeness (QED) is 0.630. The number of hydrogen-bond acceptors (Lipinski definition) is 3. The smallest absolute Gasteiger partial charge is 0.303 e. The van der Waals surface area contributed by atoms with Crippen LogP contribution in [0.25, 0.3) is 0 Å². The van der Waals surface area contributed by atoms with E-state index in [2.05, 4.69) is 5.32 Å². The molecular formula is C10H19NO3. The van der Waals surface area contributed by atoms with Gasteiger partial charge in [-0.05, 0) is 32.2 Å². The second kappa shape index (κ2) is 5.98. The van der Waals surface area contributed by atoms with E-state index in [1.807, 2.05) is 0 Å². The normalized spacial score (nSPS) is 26.6. The predicted octanol–water partition coefficient (Wildman–Crippen LogP) is 1.01. The van der Waals surface area contributed by atoms with Crippen molar-refractivity contribution in [3.63, 3.8) is 0 Å². The van der Waals surface area contributed by atoms with E-state index in [0.29, 0.717) is 18.6 Å². The minimum atomic E-state index is -0.715. The first-order chi connectivity index (χ1) is 6.72. The Hall–Kier alpha value is -0.610. The van der Waals surface area contributed by atoms with E-state index >= 15 is 0 Å². The first kappa shape index (κ1) is 11.5. The van der Waals surface area contributed by atoms with Gasteiger partial charge in [0.25, 0.3) is 0 Å². The van der Waals surface area contributed by atoms with Crippen LogP contribution in [-0.2, 0) is 9.53 Å². The molecule has 1 rings (SSSR count). The van der Waals surface area contributed by atoms with Crippen molar-refractivity contribution >= 4 is 5.97 Å². The summed E-state index contributed by atoms with van der Waals surface area (Å²) >= 11 is 0. The van der Waals surface area contributed by atoms with Gasteiger partial charge in [-0.1, -0.05) is 0 Å². The van der Waals surface area contributed by atoms with Crippen LogP contribution in [0.5, 0.6) is 0 Å². The molecule has 1 fully saturated rings. The summed E-state index contributed by atoms with van der Waals surface area (Å²) in [7, 11) is 1.75. The van der Waals surface area contributed by atoms with Crippen LogP contribution in [0, 0.1) is 0 Å². The van der Waals surface area contributed by atoms with Crippen molar-refractivity contribution in [2.45, 2.75) is 44.2 Å². The summed E-state index contributed by atoms with van der Waals surface area (Å²) in [6.45, 7) is 0.799. The molecule has 2 atom stereocenters. The third kappa shape index (κ3) is 4.07. The van der Waals surface area contributed by atoms with Gasteiger partial charge in [0.15, 0.2) is 0 Å². The number of ether oxygens (including phenoxy) is 1. The fraction of sp³-hybridized carbons (Fsp3) is 0.900. The van der Waals surface area contributed by atoms with Crippen molar-refractivity contribution in [2.75, 3.05) is 13.7 Å². The van der Waals surface area contributed by atoms with E-state index in [-0.39, 0.29) is 6.42 Å². The van der Waals surface area contributed by atoms with Crippen molar-refractivity contribution in [1.29, 1.82) is 0 Å². The molecule has 0 aromatic carbocycles. The van der Waals surface area contributed by atoms with Gasteiger partial charge >= 0.3 is 5.97 Å². The van der Waals surface area contributed by atoms with Crippen LogP contribution in [0.2, 0.25) is 0 Å². The monoisotopic (exact) mass is 201 g/mol. The SMILES string of the molecule is COC1CCC(NCCCC(=O)O)C1. The predicted molar refractivity (Wildman–Crippen MR) is 53.3 cm³/mol. The summed E-state index contributed by atoms with van der Waals surface area (Å²) in [6, 6.07) is 0.522. The minimum Gasteiger partial charge on any atom is -0.481 e. The molecule has 1 aliphatic carbocycles. The Morgan fingerprint density at radius 2 is 2.36 bits per heavy atom. The molecule has 0 bridgehead atoms. The van der Waals surface area contributed by atoms with Crippen molar-refractivity contribution in [3.8, 4) is 0 Å². The third-order valence-corrected chi connectivity index (χ3v) is 2.72. The minimum absolute atomic E-state index is 0.257. The largest absolute Gasteiger partial charge is 0.481 e. The second-order valence-corrected chi connectivity index (χ2v) is 3.82. The molecule has 4 nitrogen and oxygen atoms in total. The highest BCUT2D eigenvalue weighted by Gasteiger charge is 2.23. The highest BCUT2D eigenvalue weighted by molar-refractivity contribution is 5.66. The molecule has 0 heterocycles. The molecule has 14 heavy (non-hydrogen) atoms. The average Bonchev–Trinajstić information content (AvgIpc) is 2.60. The molecule has 4 heteroatoms. The number of methoxy groups -OCH3 is 1. The Morgan fingerprint density at radius 1 is 1.57 bits per heavy atom. The maximum Gasteiger partial charge on any atom is 0.303 e. The number of carbonyl (C=O) groups is 1. The van der Waals surface area contributed by atoms with Crippen molar-refractivity contribution in [3.05, 3.63) is 0 Å². The first-order valence-electron chi connectivity index (χ1n) is 5.20. The molecule has 0 aromatic heterocycles. The summed E-state index contributed by atoms with van der Waals surface area (Å²) in [5.41, 5.74) is 0. The molecular weight excluding hydrogens is 182 g/mol. The maximum absolute atomic E-state index is 10.2. The van der Waals surface area contributed by atoms with Crippen LogP contribution in [0.15, 0.2) is 0 Å². The summed E-state index contributed by atoms with van der Waals surface area (Å²) in [6.07, 6.45) is 4.69. The molecule has 0 amide bonds. The topological polar surface area (TPSA) is 58.6 Å². The molecule has 0 aromatic rings. The standard InChI is InChI=1S/C10H19NO3/c1-14-9-5-4-8(7-9)11-6-2-3-10(12)13/h8-9,11H,2-7H2,1H3,(H,12,13). The Balaban J connectivity index is 2.00. The second-order valence-electron chi connectivity index (χ2n) is 3.82. The van der Waals surface area contributed by atoms with Gasteiger partial charge in [-0.2, -0.15) is 0 Å². The first-order valence-corrected chi connectivity index (χ1v) is 5.20. The Bertz CT molecular complexity index is 184. The van der Waals surface area contributed by atoms with E-state index in [0.717, 1.165) is 25.8 Å². The number of carboxylic acid groups (broad SMARTS) is 1. The fourth-order valence-corrected chi connectivity index (χ4v) is 1.89. The van der Waals surface area contributed by atoms with Gasteiger partial charge in [-0.3, -0.25) is 4.79 Å². The van der Waals surface area contributed by atoms with Crippen LogP contribution < -0.4 is 5.32 Å². The third-order valence-electron chi connectivity index (χ3n) is 2.72. The van der Waals surface area contributed by atoms with Crippen molar-refractivity contribution in [2.24, 2.45) is 0 Å². The van der Waals surface area contributed by atoms with Gasteiger partial charge in [0.05, 0.1) is 6.10 Å². The molecule has 82 valence electrons. The average molecular weight is 201 g/mol. The molecule has 0 aliphatic heterocycles. The number of hydrogen-bond donors (Lipinski definition) is 2.